The van der Waals surface area contributed by atoms with Gasteiger partial charge in [0.15, 0.2) is 0 Å². The molecule has 0 nitrogen and oxygen atoms in total. The van der Waals surface area contributed by atoms with Gasteiger partial charge >= 0.3 is 187 Å². The van der Waals surface area contributed by atoms with Crippen molar-refractivity contribution in [2.45, 2.75) is 7.25 Å². The van der Waals surface area contributed by atoms with Crippen LogP contribution in [-0.2, 0) is 15.8 Å². The molecule has 2 aliphatic rings. The van der Waals surface area contributed by atoms with Crippen LogP contribution in [0, 0.1) is 0 Å². The average Bonchev–Trinajstić information content (AvgIpc) is 3.30. The Morgan fingerprint density at radius 2 is 1.34 bits per heavy atom. The third-order valence-electron chi connectivity index (χ3n) is 5.93. The maximum atomic E-state index is 7.90. The van der Waals surface area contributed by atoms with Crippen LogP contribution < -0.4 is 5.30 Å². The first-order valence-electron chi connectivity index (χ1n) is 9.61. The van der Waals surface area contributed by atoms with Gasteiger partial charge in [-0.15, -0.1) is 0 Å². The molecule has 0 fully saturated rings. The summed E-state index contributed by atoms with van der Waals surface area (Å²) in [5, 5.41) is 1.98. The molecule has 0 spiro atoms. The summed E-state index contributed by atoms with van der Waals surface area (Å²) in [6, 6.07) is 27.2. The van der Waals surface area contributed by atoms with Crippen molar-refractivity contribution in [3.63, 3.8) is 0 Å². The first-order valence-corrected chi connectivity index (χ1v) is 23.8. The van der Waals surface area contributed by atoms with Crippen LogP contribution in [0.3, 0.4) is 0 Å². The summed E-state index contributed by atoms with van der Waals surface area (Å²) in [7, 11) is 15.8. The molecule has 0 radical (unpaired) electrons. The Morgan fingerprint density at radius 3 is 2.10 bits per heavy atom. The molecule has 0 saturated carbocycles. The minimum atomic E-state index is -4.68. The van der Waals surface area contributed by atoms with Crippen LogP contribution in [-0.4, -0.2) is 0 Å². The van der Waals surface area contributed by atoms with Gasteiger partial charge in [-0.1, -0.05) is 0 Å². The summed E-state index contributed by atoms with van der Waals surface area (Å²) in [5.41, 5.74) is 4.76. The van der Waals surface area contributed by atoms with E-state index >= 15 is 0 Å². The summed E-state index contributed by atoms with van der Waals surface area (Å²) in [5.74, 6) is 0.343. The minimum absolute atomic E-state index is 0.0211. The Kier molecular flexibility index (Phi) is 5.22. The van der Waals surface area contributed by atoms with Crippen molar-refractivity contribution < 1.29 is 15.8 Å². The summed E-state index contributed by atoms with van der Waals surface area (Å²) < 4.78 is -0.0928. The first kappa shape index (κ1) is 20.2. The van der Waals surface area contributed by atoms with Crippen LogP contribution in [0.2, 0.25) is 0 Å². The van der Waals surface area contributed by atoms with Crippen molar-refractivity contribution in [2.24, 2.45) is 0 Å². The van der Waals surface area contributed by atoms with Crippen molar-refractivity contribution in [3.8, 4) is 0 Å². The van der Waals surface area contributed by atoms with E-state index in [9.17, 15) is 0 Å². The predicted octanol–water partition coefficient (Wildman–Crippen LogP) is 8.01. The molecule has 5 rings (SSSR count). The van der Waals surface area contributed by atoms with Gasteiger partial charge in [-0.25, -0.2) is 0 Å². The fourth-order valence-corrected chi connectivity index (χ4v) is 35.9. The summed E-state index contributed by atoms with van der Waals surface area (Å²) in [6.07, 6.45) is 6.46. The van der Waals surface area contributed by atoms with Crippen molar-refractivity contribution >= 4 is 52.0 Å². The molecule has 29 heavy (non-hydrogen) atoms. The molecule has 0 N–H and O–H groups in total. The normalized spacial score (nSPS) is 21.6. The van der Waals surface area contributed by atoms with Crippen molar-refractivity contribution in [1.29, 1.82) is 0 Å². The summed E-state index contributed by atoms with van der Waals surface area (Å²) in [6.45, 7) is 0. The number of rotatable bonds is 4. The van der Waals surface area contributed by atoms with Crippen molar-refractivity contribution in [2.75, 3.05) is 0 Å². The average molecular weight is 536 g/mol. The van der Waals surface area contributed by atoms with E-state index in [4.69, 9.17) is 28.6 Å². The van der Waals surface area contributed by atoms with Gasteiger partial charge < -0.3 is 0 Å². The number of allylic oxidation sites excluding steroid dienone is 2. The van der Waals surface area contributed by atoms with Crippen LogP contribution in [0.15, 0.2) is 90.0 Å². The molecule has 0 aliphatic heterocycles. The van der Waals surface area contributed by atoms with Gasteiger partial charge in [-0.3, -0.25) is 0 Å². The monoisotopic (exact) mass is 533 g/mol. The fraction of sp³-hybridized carbons (Fsp3) is 0.0833. The number of hydrogen-bond donors (Lipinski definition) is 0. The zero-order chi connectivity index (χ0) is 20.1. The van der Waals surface area contributed by atoms with E-state index < -0.39 is 15.8 Å². The first-order chi connectivity index (χ1) is 14.0. The van der Waals surface area contributed by atoms with Crippen LogP contribution in [0.1, 0.15) is 29.5 Å². The molecular formula is C24H19Cl3PZr. The number of fused-ring (bicyclic) bond motifs is 2. The van der Waals surface area contributed by atoms with E-state index in [1.54, 1.807) is 0 Å². The third kappa shape index (κ3) is 3.35. The fourth-order valence-electron chi connectivity index (χ4n) is 4.66. The van der Waals surface area contributed by atoms with E-state index in [1.807, 2.05) is 12.1 Å². The molecular weight excluding hydrogens is 517 g/mol. The molecule has 0 amide bonds. The van der Waals surface area contributed by atoms with Crippen molar-refractivity contribution in [3.05, 3.63) is 112 Å². The molecule has 145 valence electrons. The molecule has 3 aromatic rings. The second kappa shape index (κ2) is 7.48. The molecule has 3 unspecified atom stereocenters. The van der Waals surface area contributed by atoms with Crippen LogP contribution in [0.5, 0.6) is 0 Å². The Labute approximate surface area is 185 Å². The zero-order valence-electron chi connectivity index (χ0n) is 15.5. The Bertz CT molecular complexity index is 1150. The van der Waals surface area contributed by atoms with Gasteiger partial charge in [0.05, 0.1) is 0 Å². The van der Waals surface area contributed by atoms with Gasteiger partial charge in [0.1, 0.15) is 0 Å². The number of hydrogen-bond acceptors (Lipinski definition) is 0. The number of halogens is 3. The van der Waals surface area contributed by atoms with Crippen LogP contribution in [0.4, 0.5) is 0 Å². The second-order valence-corrected chi connectivity index (χ2v) is 40.3. The van der Waals surface area contributed by atoms with E-state index in [0.717, 1.165) is 10.6 Å². The Hall–Kier alpha value is -0.677. The SMILES string of the molecule is ClC1=Cc2ccccc2[CH]1[Zr]([Cl])([Cl])([PH]c1ccccc1)[CH]1C=Cc2ccccc21. The van der Waals surface area contributed by atoms with Gasteiger partial charge in [0.2, 0.25) is 0 Å². The van der Waals surface area contributed by atoms with Crippen molar-refractivity contribution in [1.82, 2.24) is 0 Å². The van der Waals surface area contributed by atoms with E-state index in [-0.39, 0.29) is 7.25 Å². The number of benzene rings is 3. The summed E-state index contributed by atoms with van der Waals surface area (Å²) >= 11 is 2.23. The van der Waals surface area contributed by atoms with Crippen LogP contribution in [0.25, 0.3) is 12.2 Å². The Morgan fingerprint density at radius 1 is 0.724 bits per heavy atom. The molecule has 3 atom stereocenters. The molecule has 0 aromatic heterocycles. The predicted molar refractivity (Wildman–Crippen MR) is 127 cm³/mol. The topological polar surface area (TPSA) is 0 Å². The van der Waals surface area contributed by atoms with Gasteiger partial charge in [-0.2, -0.15) is 0 Å². The second-order valence-electron chi connectivity index (χ2n) is 7.70. The molecule has 0 bridgehead atoms. The molecule has 3 aromatic carbocycles. The standard InChI is InChI=1S/C9H6Cl.C9H7.C6H6P.2ClH.Zr/c10-9-5-7-3-1-2-4-8(7)6-9;1-2-5-9-7-3-6-8(9)4-1;7-6-4-2-1-3-5-6;;;/h1-6H;1-7H;1-5,7H;2*1H;/q;;-1;;;+3/p-2. The quantitative estimate of drug-likeness (QED) is 0.297. The van der Waals surface area contributed by atoms with E-state index in [1.165, 1.54) is 22.0 Å². The van der Waals surface area contributed by atoms with E-state index in [0.29, 0.717) is 5.87 Å². The van der Waals surface area contributed by atoms with Gasteiger partial charge in [0, 0.05) is 0 Å². The molecule has 0 heterocycles. The summed E-state index contributed by atoms with van der Waals surface area (Å²) in [4.78, 5) is 0. The molecule has 0 saturated heterocycles. The van der Waals surface area contributed by atoms with Gasteiger partial charge in [0.25, 0.3) is 0 Å². The third-order valence-corrected chi connectivity index (χ3v) is 33.9. The zero-order valence-corrected chi connectivity index (χ0v) is 21.3. The van der Waals surface area contributed by atoms with E-state index in [2.05, 4.69) is 85.0 Å². The maximum absolute atomic E-state index is 7.90. The van der Waals surface area contributed by atoms with Crippen LogP contribution >= 0.6 is 34.5 Å². The molecule has 2 aliphatic carbocycles. The van der Waals surface area contributed by atoms with Gasteiger partial charge in [-0.05, 0) is 0 Å². The Balaban J connectivity index is 1.73. The molecule has 5 heteroatoms.